The second kappa shape index (κ2) is 5.38. The predicted octanol–water partition coefficient (Wildman–Crippen LogP) is 1.84. The van der Waals surface area contributed by atoms with Crippen LogP contribution in [0.15, 0.2) is 24.3 Å². The van der Waals surface area contributed by atoms with Crippen molar-refractivity contribution in [3.63, 3.8) is 0 Å². The van der Waals surface area contributed by atoms with E-state index >= 15 is 0 Å². The lowest BCUT2D eigenvalue weighted by atomic mass is 9.77. The summed E-state index contributed by atoms with van der Waals surface area (Å²) in [6.07, 6.45) is 5.10. The maximum absolute atomic E-state index is 6.41. The molecule has 2 unspecified atom stereocenters. The highest BCUT2D eigenvalue weighted by Crippen LogP contribution is 2.50. The smallest absolute Gasteiger partial charge is 0.0594 e. The standard InChI is InChI=1S/C18H26N2O/c19-13-18(20-7-9-21-10-8-20)16-5-6-17(18)12-15-4-2-1-3-14(15)11-16/h1-4,16-17H,5-13,19H2. The molecule has 0 spiro atoms. The van der Waals surface area contributed by atoms with Gasteiger partial charge in [0.25, 0.3) is 0 Å². The van der Waals surface area contributed by atoms with Crippen LogP contribution >= 0.6 is 0 Å². The minimum absolute atomic E-state index is 0.211. The zero-order valence-electron chi connectivity index (χ0n) is 12.8. The molecule has 1 saturated carbocycles. The summed E-state index contributed by atoms with van der Waals surface area (Å²) in [5.74, 6) is 1.43. The summed E-state index contributed by atoms with van der Waals surface area (Å²) in [6.45, 7) is 4.65. The first-order chi connectivity index (χ1) is 10.3. The summed E-state index contributed by atoms with van der Waals surface area (Å²) < 4.78 is 5.58. The highest BCUT2D eigenvalue weighted by Gasteiger charge is 2.53. The lowest BCUT2D eigenvalue weighted by Crippen LogP contribution is -2.63. The Morgan fingerprint density at radius 2 is 1.62 bits per heavy atom. The molecule has 3 heteroatoms. The van der Waals surface area contributed by atoms with Crippen molar-refractivity contribution >= 4 is 0 Å². The van der Waals surface area contributed by atoms with Crippen molar-refractivity contribution in [2.45, 2.75) is 31.2 Å². The van der Waals surface area contributed by atoms with Crippen LogP contribution in [0.1, 0.15) is 24.0 Å². The normalized spacial score (nSPS) is 36.2. The number of morpholine rings is 1. The molecular formula is C18H26N2O. The van der Waals surface area contributed by atoms with Gasteiger partial charge in [-0.1, -0.05) is 24.3 Å². The van der Waals surface area contributed by atoms with Crippen molar-refractivity contribution in [2.24, 2.45) is 17.6 Å². The van der Waals surface area contributed by atoms with Crippen molar-refractivity contribution in [2.75, 3.05) is 32.8 Å². The molecule has 1 saturated heterocycles. The molecule has 2 bridgehead atoms. The van der Waals surface area contributed by atoms with E-state index in [1.165, 1.54) is 25.7 Å². The largest absolute Gasteiger partial charge is 0.379 e. The number of hydrogen-bond donors (Lipinski definition) is 1. The molecule has 2 fully saturated rings. The van der Waals surface area contributed by atoms with Crippen LogP contribution in [-0.4, -0.2) is 43.3 Å². The van der Waals surface area contributed by atoms with E-state index in [-0.39, 0.29) is 5.54 Å². The van der Waals surface area contributed by atoms with Crippen molar-refractivity contribution < 1.29 is 4.74 Å². The Hall–Kier alpha value is -0.900. The molecule has 3 aliphatic rings. The van der Waals surface area contributed by atoms with Crippen LogP contribution in [0.2, 0.25) is 0 Å². The van der Waals surface area contributed by atoms with E-state index in [1.54, 1.807) is 11.1 Å². The number of ether oxygens (including phenoxy) is 1. The molecule has 2 aliphatic carbocycles. The van der Waals surface area contributed by atoms with Crippen molar-refractivity contribution in [1.82, 2.24) is 4.90 Å². The maximum Gasteiger partial charge on any atom is 0.0594 e. The van der Waals surface area contributed by atoms with Gasteiger partial charge in [0.2, 0.25) is 0 Å². The van der Waals surface area contributed by atoms with E-state index in [0.717, 1.165) is 32.8 Å². The van der Waals surface area contributed by atoms with E-state index in [9.17, 15) is 0 Å². The molecule has 0 radical (unpaired) electrons. The van der Waals surface area contributed by atoms with Gasteiger partial charge in [0.1, 0.15) is 0 Å². The number of benzene rings is 1. The fraction of sp³-hybridized carbons (Fsp3) is 0.667. The Morgan fingerprint density at radius 3 is 2.14 bits per heavy atom. The first kappa shape index (κ1) is 13.7. The fourth-order valence-electron chi connectivity index (χ4n) is 5.24. The van der Waals surface area contributed by atoms with Crippen molar-refractivity contribution in [3.8, 4) is 0 Å². The number of nitrogens with two attached hydrogens (primary N) is 1. The van der Waals surface area contributed by atoms with Gasteiger partial charge < -0.3 is 10.5 Å². The SMILES string of the molecule is NCC1(N2CCOCC2)C2CCC1Cc1ccccc1C2. The maximum atomic E-state index is 6.41. The average Bonchev–Trinajstić information content (AvgIpc) is 2.79. The summed E-state index contributed by atoms with van der Waals surface area (Å²) in [6, 6.07) is 9.04. The molecule has 4 rings (SSSR count). The Balaban J connectivity index is 1.72. The molecule has 1 aromatic rings. The topological polar surface area (TPSA) is 38.5 Å². The summed E-state index contributed by atoms with van der Waals surface area (Å²) in [5.41, 5.74) is 9.75. The molecule has 0 amide bonds. The van der Waals surface area contributed by atoms with Crippen LogP contribution in [-0.2, 0) is 17.6 Å². The Morgan fingerprint density at radius 1 is 1.05 bits per heavy atom. The van der Waals surface area contributed by atoms with Gasteiger partial charge in [0.15, 0.2) is 0 Å². The van der Waals surface area contributed by atoms with E-state index in [2.05, 4.69) is 29.2 Å². The first-order valence-corrected chi connectivity index (χ1v) is 8.44. The van der Waals surface area contributed by atoms with Gasteiger partial charge in [-0.25, -0.2) is 0 Å². The third kappa shape index (κ3) is 2.06. The summed E-state index contributed by atoms with van der Waals surface area (Å²) in [5, 5.41) is 0. The second-order valence-corrected chi connectivity index (χ2v) is 6.94. The highest BCUT2D eigenvalue weighted by molar-refractivity contribution is 5.32. The summed E-state index contributed by atoms with van der Waals surface area (Å²) in [4.78, 5) is 2.69. The van der Waals surface area contributed by atoms with Gasteiger partial charge in [-0.2, -0.15) is 0 Å². The van der Waals surface area contributed by atoms with Crippen LogP contribution in [0.5, 0.6) is 0 Å². The molecule has 2 atom stereocenters. The van der Waals surface area contributed by atoms with Crippen molar-refractivity contribution in [1.29, 1.82) is 0 Å². The Bertz CT molecular complexity index is 477. The van der Waals surface area contributed by atoms with Gasteiger partial charge in [-0.05, 0) is 48.6 Å². The minimum Gasteiger partial charge on any atom is -0.379 e. The minimum atomic E-state index is 0.211. The lowest BCUT2D eigenvalue weighted by molar-refractivity contribution is -0.0515. The molecule has 0 aromatic heterocycles. The zero-order chi connectivity index (χ0) is 14.3. The van der Waals surface area contributed by atoms with Gasteiger partial charge >= 0.3 is 0 Å². The van der Waals surface area contributed by atoms with E-state index < -0.39 is 0 Å². The quantitative estimate of drug-likeness (QED) is 0.901. The third-order valence-corrected chi connectivity index (χ3v) is 6.26. The van der Waals surface area contributed by atoms with Crippen LogP contribution in [0, 0.1) is 11.8 Å². The van der Waals surface area contributed by atoms with Crippen LogP contribution in [0.4, 0.5) is 0 Å². The number of fused-ring (bicyclic) bond motifs is 3. The molecule has 1 heterocycles. The van der Waals surface area contributed by atoms with Crippen LogP contribution in [0.25, 0.3) is 0 Å². The first-order valence-electron chi connectivity index (χ1n) is 8.44. The van der Waals surface area contributed by atoms with Gasteiger partial charge in [0, 0.05) is 25.2 Å². The molecule has 1 aliphatic heterocycles. The Kier molecular flexibility index (Phi) is 3.52. The van der Waals surface area contributed by atoms with Gasteiger partial charge in [-0.15, -0.1) is 0 Å². The summed E-state index contributed by atoms with van der Waals surface area (Å²) >= 11 is 0. The molecular weight excluding hydrogens is 260 g/mol. The Labute approximate surface area is 127 Å². The molecule has 1 aromatic carbocycles. The van der Waals surface area contributed by atoms with Crippen LogP contribution < -0.4 is 5.73 Å². The summed E-state index contributed by atoms with van der Waals surface area (Å²) in [7, 11) is 0. The fourth-order valence-corrected chi connectivity index (χ4v) is 5.24. The second-order valence-electron chi connectivity index (χ2n) is 6.94. The molecule has 21 heavy (non-hydrogen) atoms. The van der Waals surface area contributed by atoms with Crippen molar-refractivity contribution in [3.05, 3.63) is 35.4 Å². The number of nitrogens with zero attached hydrogens (tertiary/aromatic N) is 1. The predicted molar refractivity (Wildman–Crippen MR) is 84.2 cm³/mol. The highest BCUT2D eigenvalue weighted by atomic mass is 16.5. The zero-order valence-corrected chi connectivity index (χ0v) is 12.8. The number of rotatable bonds is 2. The van der Waals surface area contributed by atoms with Crippen LogP contribution in [0.3, 0.4) is 0 Å². The van der Waals surface area contributed by atoms with E-state index in [0.29, 0.717) is 11.8 Å². The van der Waals surface area contributed by atoms with Gasteiger partial charge in [-0.3, -0.25) is 4.90 Å². The molecule has 2 N–H and O–H groups in total. The molecule has 114 valence electrons. The third-order valence-electron chi connectivity index (χ3n) is 6.26. The lowest BCUT2D eigenvalue weighted by Gasteiger charge is -2.49. The number of hydrogen-bond acceptors (Lipinski definition) is 3. The monoisotopic (exact) mass is 286 g/mol. The van der Waals surface area contributed by atoms with Gasteiger partial charge in [0.05, 0.1) is 13.2 Å². The van der Waals surface area contributed by atoms with E-state index in [1.807, 2.05) is 0 Å². The molecule has 3 nitrogen and oxygen atoms in total. The average molecular weight is 286 g/mol. The van der Waals surface area contributed by atoms with E-state index in [4.69, 9.17) is 10.5 Å².